The van der Waals surface area contributed by atoms with Gasteiger partial charge in [-0.15, -0.1) is 11.3 Å². The van der Waals surface area contributed by atoms with Gasteiger partial charge in [0.15, 0.2) is 0 Å². The fraction of sp³-hybridized carbons (Fsp3) is 0.214. The van der Waals surface area contributed by atoms with Gasteiger partial charge in [-0.2, -0.15) is 0 Å². The number of nitrogen functional groups attached to an aromatic ring is 1. The lowest BCUT2D eigenvalue weighted by Gasteiger charge is -1.98. The summed E-state index contributed by atoms with van der Waals surface area (Å²) in [4.78, 5) is 7.25. The van der Waals surface area contributed by atoms with Crippen molar-refractivity contribution in [3.8, 4) is 11.3 Å². The molecule has 0 aliphatic carbocycles. The van der Waals surface area contributed by atoms with Gasteiger partial charge in [-0.3, -0.25) is 4.40 Å². The highest BCUT2D eigenvalue weighted by Gasteiger charge is 2.15. The minimum atomic E-state index is 0.717. The Bertz CT molecular complexity index is 737. The number of rotatable bonds is 1. The zero-order valence-electron chi connectivity index (χ0n) is 10.7. The van der Waals surface area contributed by atoms with Gasteiger partial charge in [0, 0.05) is 21.5 Å². The number of hydrogen-bond acceptors (Lipinski definition) is 3. The number of hydrogen-bond donors (Lipinski definition) is 1. The second-order valence-corrected chi connectivity index (χ2v) is 6.02. The third-order valence-corrected chi connectivity index (χ3v) is 4.14. The van der Waals surface area contributed by atoms with Gasteiger partial charge >= 0.3 is 0 Å². The van der Waals surface area contributed by atoms with Crippen LogP contribution in [0.25, 0.3) is 16.9 Å². The van der Waals surface area contributed by atoms with Crippen LogP contribution in [0.2, 0.25) is 0 Å². The molecular weight excluding hydrogens is 242 g/mol. The number of aromatic nitrogens is 2. The van der Waals surface area contributed by atoms with Crippen LogP contribution in [0.5, 0.6) is 0 Å². The van der Waals surface area contributed by atoms with Gasteiger partial charge in [-0.25, -0.2) is 4.98 Å². The number of nitrogens with zero attached hydrogens (tertiary/aromatic N) is 2. The minimum absolute atomic E-state index is 0.717. The number of fused-ring (bicyclic) bond motifs is 1. The fourth-order valence-electron chi connectivity index (χ4n) is 2.29. The Kier molecular flexibility index (Phi) is 2.41. The molecule has 0 amide bonds. The van der Waals surface area contributed by atoms with Crippen molar-refractivity contribution in [3.63, 3.8) is 0 Å². The Labute approximate surface area is 110 Å². The first-order valence-corrected chi connectivity index (χ1v) is 6.70. The van der Waals surface area contributed by atoms with E-state index in [1.54, 1.807) is 11.3 Å². The van der Waals surface area contributed by atoms with Crippen LogP contribution < -0.4 is 5.73 Å². The largest absolute Gasteiger partial charge is 0.383 e. The molecule has 4 heteroatoms. The van der Waals surface area contributed by atoms with Gasteiger partial charge < -0.3 is 5.73 Å². The summed E-state index contributed by atoms with van der Waals surface area (Å²) in [6.07, 6.45) is 1.96. The highest BCUT2D eigenvalue weighted by Crippen LogP contribution is 2.34. The van der Waals surface area contributed by atoms with Gasteiger partial charge in [-0.1, -0.05) is 6.07 Å². The third-order valence-electron chi connectivity index (χ3n) is 3.18. The van der Waals surface area contributed by atoms with Crippen LogP contribution in [0.4, 0.5) is 5.82 Å². The number of imidazole rings is 1. The molecule has 0 aromatic carbocycles. The number of aryl methyl sites for hydroxylation is 3. The number of nitrogens with two attached hydrogens (primary N) is 1. The molecule has 0 aliphatic rings. The Morgan fingerprint density at radius 1 is 1.28 bits per heavy atom. The SMILES string of the molecule is Cc1cc(-c2nc3c(C)cccn3c2N)c(C)s1. The molecule has 0 bridgehead atoms. The van der Waals surface area contributed by atoms with E-state index in [-0.39, 0.29) is 0 Å². The van der Waals surface area contributed by atoms with Crippen molar-refractivity contribution < 1.29 is 0 Å². The van der Waals surface area contributed by atoms with E-state index in [1.807, 2.05) is 16.7 Å². The first kappa shape index (κ1) is 11.3. The van der Waals surface area contributed by atoms with Gasteiger partial charge in [0.25, 0.3) is 0 Å². The minimum Gasteiger partial charge on any atom is -0.383 e. The topological polar surface area (TPSA) is 43.3 Å². The fourth-order valence-corrected chi connectivity index (χ4v) is 3.21. The molecule has 0 saturated carbocycles. The molecular formula is C14H15N3S. The monoisotopic (exact) mass is 257 g/mol. The molecule has 3 heterocycles. The van der Waals surface area contributed by atoms with Gasteiger partial charge in [-0.05, 0) is 38.5 Å². The van der Waals surface area contributed by atoms with Gasteiger partial charge in [0.2, 0.25) is 0 Å². The quantitative estimate of drug-likeness (QED) is 0.724. The van der Waals surface area contributed by atoms with Gasteiger partial charge in [0.05, 0.1) is 0 Å². The van der Waals surface area contributed by atoms with Crippen LogP contribution >= 0.6 is 11.3 Å². The zero-order valence-corrected chi connectivity index (χ0v) is 11.5. The lowest BCUT2D eigenvalue weighted by molar-refractivity contribution is 1.17. The molecule has 0 radical (unpaired) electrons. The molecule has 3 nitrogen and oxygen atoms in total. The zero-order chi connectivity index (χ0) is 12.9. The normalized spacial score (nSPS) is 11.3. The van der Waals surface area contributed by atoms with Crippen molar-refractivity contribution in [2.75, 3.05) is 5.73 Å². The molecule has 3 rings (SSSR count). The standard InChI is InChI=1S/C14H15N3S/c1-8-5-4-6-17-13(15)12(16-14(8)17)11-7-9(2)18-10(11)3/h4-7H,15H2,1-3H3. The summed E-state index contributed by atoms with van der Waals surface area (Å²) in [5, 5.41) is 0. The van der Waals surface area contributed by atoms with Crippen molar-refractivity contribution in [3.05, 3.63) is 39.7 Å². The molecule has 0 saturated heterocycles. The summed E-state index contributed by atoms with van der Waals surface area (Å²) in [6.45, 7) is 6.28. The predicted molar refractivity (Wildman–Crippen MR) is 77.1 cm³/mol. The van der Waals surface area contributed by atoms with E-state index in [4.69, 9.17) is 10.7 Å². The second kappa shape index (κ2) is 3.85. The summed E-state index contributed by atoms with van der Waals surface area (Å²) < 4.78 is 1.96. The molecule has 3 aromatic rings. The third kappa shape index (κ3) is 1.53. The summed E-state index contributed by atoms with van der Waals surface area (Å²) in [6, 6.07) is 6.21. The van der Waals surface area contributed by atoms with Crippen molar-refractivity contribution >= 4 is 22.8 Å². The smallest absolute Gasteiger partial charge is 0.142 e. The highest BCUT2D eigenvalue weighted by atomic mass is 32.1. The number of thiophene rings is 1. The molecule has 3 aromatic heterocycles. The first-order chi connectivity index (χ1) is 8.58. The van der Waals surface area contributed by atoms with Crippen molar-refractivity contribution in [2.24, 2.45) is 0 Å². The maximum Gasteiger partial charge on any atom is 0.142 e. The molecule has 2 N–H and O–H groups in total. The number of pyridine rings is 1. The molecule has 0 spiro atoms. The highest BCUT2D eigenvalue weighted by molar-refractivity contribution is 7.12. The Balaban J connectivity index is 2.34. The van der Waals surface area contributed by atoms with E-state index >= 15 is 0 Å². The molecule has 0 fully saturated rings. The average Bonchev–Trinajstić information content (AvgIpc) is 2.81. The van der Waals surface area contributed by atoms with Crippen LogP contribution in [0, 0.1) is 20.8 Å². The van der Waals surface area contributed by atoms with E-state index in [2.05, 4.69) is 32.9 Å². The maximum absolute atomic E-state index is 6.22. The summed E-state index contributed by atoms with van der Waals surface area (Å²) in [7, 11) is 0. The lowest BCUT2D eigenvalue weighted by Crippen LogP contribution is -1.94. The molecule has 0 atom stereocenters. The second-order valence-electron chi connectivity index (χ2n) is 4.56. The molecule has 18 heavy (non-hydrogen) atoms. The summed E-state index contributed by atoms with van der Waals surface area (Å²) in [5.74, 6) is 0.717. The molecule has 92 valence electrons. The predicted octanol–water partition coefficient (Wildman–Crippen LogP) is 3.57. The Hall–Kier alpha value is -1.81. The molecule has 0 aliphatic heterocycles. The van der Waals surface area contributed by atoms with Gasteiger partial charge in [0.1, 0.15) is 17.2 Å². The maximum atomic E-state index is 6.22. The Morgan fingerprint density at radius 3 is 2.67 bits per heavy atom. The van der Waals surface area contributed by atoms with E-state index in [0.29, 0.717) is 0 Å². The van der Waals surface area contributed by atoms with E-state index in [9.17, 15) is 0 Å². The van der Waals surface area contributed by atoms with Crippen molar-refractivity contribution in [2.45, 2.75) is 20.8 Å². The summed E-state index contributed by atoms with van der Waals surface area (Å²) in [5.41, 5.74) is 10.3. The van der Waals surface area contributed by atoms with E-state index in [1.165, 1.54) is 9.75 Å². The lowest BCUT2D eigenvalue weighted by atomic mass is 10.2. The van der Waals surface area contributed by atoms with Crippen LogP contribution in [-0.4, -0.2) is 9.38 Å². The van der Waals surface area contributed by atoms with Crippen LogP contribution in [-0.2, 0) is 0 Å². The Morgan fingerprint density at radius 2 is 2.06 bits per heavy atom. The van der Waals surface area contributed by atoms with Crippen molar-refractivity contribution in [1.82, 2.24) is 9.38 Å². The average molecular weight is 257 g/mol. The van der Waals surface area contributed by atoms with Crippen LogP contribution in [0.3, 0.4) is 0 Å². The van der Waals surface area contributed by atoms with E-state index < -0.39 is 0 Å². The van der Waals surface area contributed by atoms with Crippen LogP contribution in [0.15, 0.2) is 24.4 Å². The number of anilines is 1. The molecule has 0 unspecified atom stereocenters. The van der Waals surface area contributed by atoms with E-state index in [0.717, 1.165) is 28.3 Å². The summed E-state index contributed by atoms with van der Waals surface area (Å²) >= 11 is 1.78. The first-order valence-electron chi connectivity index (χ1n) is 5.88. The van der Waals surface area contributed by atoms with Crippen molar-refractivity contribution in [1.29, 1.82) is 0 Å². The van der Waals surface area contributed by atoms with Crippen LogP contribution in [0.1, 0.15) is 15.3 Å².